The van der Waals surface area contributed by atoms with Crippen molar-refractivity contribution < 1.29 is 4.89 Å². The molecule has 0 saturated heterocycles. The Labute approximate surface area is 127 Å². The number of aryl methyl sites for hydroxylation is 1. The van der Waals surface area contributed by atoms with E-state index in [1.165, 1.54) is 5.56 Å². The van der Waals surface area contributed by atoms with Gasteiger partial charge in [0.15, 0.2) is 0 Å². The zero-order chi connectivity index (χ0) is 15.2. The molecular weight excluding hydrogens is 298 g/mol. The molecule has 0 aliphatic carbocycles. The average molecular weight is 323 g/mol. The van der Waals surface area contributed by atoms with Crippen molar-refractivity contribution in [2.45, 2.75) is 59.3 Å². The fourth-order valence-corrected chi connectivity index (χ4v) is 5.03. The third-order valence-corrected chi connectivity index (χ3v) is 5.71. The molecule has 0 fully saturated rings. The first-order valence-corrected chi connectivity index (χ1v) is 10.5. The number of hydrogen-bond acceptors (Lipinski definition) is 1. The second-order valence-corrected chi connectivity index (χ2v) is 12.7. The van der Waals surface area contributed by atoms with Crippen molar-refractivity contribution in [3.8, 4) is 0 Å². The van der Waals surface area contributed by atoms with E-state index in [0.717, 1.165) is 16.4 Å². The molecule has 0 radical (unpaired) electrons. The molecule has 0 bridgehead atoms. The number of halogens is 2. The number of benzene rings is 1. The quantitative estimate of drug-likeness (QED) is 0.706. The van der Waals surface area contributed by atoms with Crippen molar-refractivity contribution in [1.82, 2.24) is 0 Å². The summed E-state index contributed by atoms with van der Waals surface area (Å²) in [5, 5.41) is 0.747. The second-order valence-electron chi connectivity index (χ2n) is 7.26. The van der Waals surface area contributed by atoms with Crippen LogP contribution in [0.25, 0.3) is 0 Å². The molecule has 0 aliphatic rings. The summed E-state index contributed by atoms with van der Waals surface area (Å²) in [7, 11) is 0. The summed E-state index contributed by atoms with van der Waals surface area (Å²) < 4.78 is 0. The third-order valence-electron chi connectivity index (χ3n) is 3.31. The van der Waals surface area contributed by atoms with Crippen molar-refractivity contribution in [3.63, 3.8) is 0 Å². The van der Waals surface area contributed by atoms with Gasteiger partial charge in [-0.2, -0.15) is 0 Å². The van der Waals surface area contributed by atoms with E-state index in [4.69, 9.17) is 22.5 Å². The Bertz CT molecular complexity index is 477. The van der Waals surface area contributed by atoms with Gasteiger partial charge in [0.2, 0.25) is 0 Å². The van der Waals surface area contributed by atoms with Crippen LogP contribution in [-0.4, -0.2) is 4.89 Å². The average Bonchev–Trinajstić information content (AvgIpc) is 2.11. The topological polar surface area (TPSA) is 20.2 Å². The van der Waals surface area contributed by atoms with E-state index in [1.807, 2.05) is 6.92 Å². The van der Waals surface area contributed by atoms with Crippen LogP contribution in [0, 0.1) is 6.92 Å². The summed E-state index contributed by atoms with van der Waals surface area (Å²) >= 11 is 12.2. The van der Waals surface area contributed by atoms with Crippen LogP contribution < -0.4 is 5.30 Å². The molecule has 4 heteroatoms. The van der Waals surface area contributed by atoms with Crippen LogP contribution in [0.4, 0.5) is 0 Å². The Morgan fingerprint density at radius 3 is 1.74 bits per heavy atom. The van der Waals surface area contributed by atoms with Gasteiger partial charge in [0.1, 0.15) is 0 Å². The first kappa shape index (κ1) is 17.2. The summed E-state index contributed by atoms with van der Waals surface area (Å²) in [5.41, 5.74) is 3.23. The molecule has 0 aromatic heterocycles. The van der Waals surface area contributed by atoms with Crippen molar-refractivity contribution in [1.29, 1.82) is 0 Å². The van der Waals surface area contributed by atoms with E-state index in [9.17, 15) is 4.89 Å². The normalized spacial score (nSPS) is 14.6. The van der Waals surface area contributed by atoms with Crippen LogP contribution in [-0.2, 0) is 10.8 Å². The minimum atomic E-state index is -3.37. The molecule has 0 unspecified atom stereocenters. The maximum atomic E-state index is 10.2. The molecule has 110 valence electrons. The van der Waals surface area contributed by atoms with Gasteiger partial charge >= 0.3 is 127 Å². The van der Waals surface area contributed by atoms with Gasteiger partial charge in [0.25, 0.3) is 0 Å². The minimum absolute atomic E-state index is 0.0571. The van der Waals surface area contributed by atoms with Gasteiger partial charge in [-0.25, -0.2) is 0 Å². The van der Waals surface area contributed by atoms with Gasteiger partial charge in [-0.05, 0) is 0 Å². The summed E-state index contributed by atoms with van der Waals surface area (Å²) in [6.45, 7) is 14.9. The van der Waals surface area contributed by atoms with E-state index < -0.39 is 6.19 Å². The van der Waals surface area contributed by atoms with Crippen LogP contribution in [0.2, 0.25) is 0 Å². The number of rotatable bonds is 1. The Morgan fingerprint density at radius 1 is 0.947 bits per heavy atom. The van der Waals surface area contributed by atoms with Crippen LogP contribution in [0.15, 0.2) is 12.1 Å². The fraction of sp³-hybridized carbons (Fsp3) is 0.600. The molecule has 1 nitrogen and oxygen atoms in total. The van der Waals surface area contributed by atoms with Crippen LogP contribution in [0.3, 0.4) is 0 Å². The molecule has 0 saturated carbocycles. The molecule has 0 aliphatic heterocycles. The Kier molecular flexibility index (Phi) is 4.71. The number of hydrogen-bond donors (Lipinski definition) is 1. The molecular formula is C15H25Cl2OP. The fourth-order valence-electron chi connectivity index (χ4n) is 2.21. The monoisotopic (exact) mass is 322 g/mol. The van der Waals surface area contributed by atoms with Crippen molar-refractivity contribution in [3.05, 3.63) is 28.8 Å². The zero-order valence-corrected chi connectivity index (χ0v) is 15.4. The van der Waals surface area contributed by atoms with Crippen molar-refractivity contribution in [2.75, 3.05) is 0 Å². The van der Waals surface area contributed by atoms with E-state index >= 15 is 0 Å². The van der Waals surface area contributed by atoms with Gasteiger partial charge in [-0.1, -0.05) is 0 Å². The SMILES string of the molecule is Cc1cc(C(C)(C)C)cc(C(C)(C)C)c1[PH](O)(Cl)Cl. The van der Waals surface area contributed by atoms with Crippen molar-refractivity contribution >= 4 is 34.0 Å². The van der Waals surface area contributed by atoms with Gasteiger partial charge in [-0.3, -0.25) is 0 Å². The zero-order valence-electron chi connectivity index (χ0n) is 12.9. The summed E-state index contributed by atoms with van der Waals surface area (Å²) in [5.74, 6) is 0. The van der Waals surface area contributed by atoms with Gasteiger partial charge in [0, 0.05) is 0 Å². The van der Waals surface area contributed by atoms with Crippen LogP contribution in [0.1, 0.15) is 58.2 Å². The first-order chi connectivity index (χ1) is 8.24. The predicted octanol–water partition coefficient (Wildman–Crippen LogP) is 5.18. The Balaban J connectivity index is 3.68. The van der Waals surface area contributed by atoms with E-state index in [1.54, 1.807) is 0 Å². The molecule has 19 heavy (non-hydrogen) atoms. The van der Waals surface area contributed by atoms with Crippen LogP contribution in [0.5, 0.6) is 0 Å². The van der Waals surface area contributed by atoms with E-state index in [-0.39, 0.29) is 10.8 Å². The summed E-state index contributed by atoms with van der Waals surface area (Å²) in [6.07, 6.45) is -3.37. The van der Waals surface area contributed by atoms with E-state index in [0.29, 0.717) is 0 Å². The molecule has 1 aromatic rings. The summed E-state index contributed by atoms with van der Waals surface area (Å²) in [4.78, 5) is 10.2. The maximum absolute atomic E-state index is 10.2. The molecule has 1 rings (SSSR count). The molecule has 0 amide bonds. The summed E-state index contributed by atoms with van der Waals surface area (Å²) in [6, 6.07) is 4.23. The predicted molar refractivity (Wildman–Crippen MR) is 90.5 cm³/mol. The molecule has 0 atom stereocenters. The van der Waals surface area contributed by atoms with Gasteiger partial charge < -0.3 is 0 Å². The molecule has 0 spiro atoms. The Morgan fingerprint density at radius 2 is 1.42 bits per heavy atom. The van der Waals surface area contributed by atoms with E-state index in [2.05, 4.69) is 53.7 Å². The second kappa shape index (κ2) is 5.19. The standard InChI is InChI=1S/C15H25Cl2OP/c1-10-8-11(14(2,3)4)9-12(15(5,6)7)13(10)19(16,17)18/h8-9,18-19H,1-7H3. The molecule has 1 aromatic carbocycles. The van der Waals surface area contributed by atoms with Crippen LogP contribution >= 0.6 is 28.7 Å². The third kappa shape index (κ3) is 4.08. The van der Waals surface area contributed by atoms with Gasteiger partial charge in [0.05, 0.1) is 0 Å². The van der Waals surface area contributed by atoms with Gasteiger partial charge in [-0.15, -0.1) is 0 Å². The van der Waals surface area contributed by atoms with Crippen molar-refractivity contribution in [2.24, 2.45) is 0 Å². The molecule has 0 heterocycles. The Hall–Kier alpha value is 0.190. The first-order valence-electron chi connectivity index (χ1n) is 6.51. The molecule has 1 N–H and O–H groups in total.